The fourth-order valence-corrected chi connectivity index (χ4v) is 4.42. The van der Waals surface area contributed by atoms with E-state index in [9.17, 15) is 22.8 Å². The van der Waals surface area contributed by atoms with Gasteiger partial charge in [-0.2, -0.15) is 0 Å². The first-order valence-electron chi connectivity index (χ1n) is 9.48. The first-order chi connectivity index (χ1) is 14.3. The number of carbonyl (C=O) groups is 2. The summed E-state index contributed by atoms with van der Waals surface area (Å²) in [4.78, 5) is 26.4. The van der Waals surface area contributed by atoms with Gasteiger partial charge in [0.1, 0.15) is 10.8 Å². The highest BCUT2D eigenvalue weighted by molar-refractivity contribution is 7.17. The minimum Gasteiger partial charge on any atom is -0.405 e. The fraction of sp³-hybridized carbons (Fsp3) is 0.400. The van der Waals surface area contributed by atoms with Crippen LogP contribution >= 0.6 is 11.3 Å². The maximum absolute atomic E-state index is 12.8. The lowest BCUT2D eigenvalue weighted by Gasteiger charge is -2.14. The predicted octanol–water partition coefficient (Wildman–Crippen LogP) is 4.11. The summed E-state index contributed by atoms with van der Waals surface area (Å²) in [6.45, 7) is 1.35. The standard InChI is InChI=1S/C20H19F3N2O4S/c21-20(22,23)29-14-4-2-1-3-12(14)17(26)25-19-16(18(27)24-9-11-5-6-11)13-7-8-28-10-15(13)30-19/h1-4,11H,5-10H2,(H,24,27)(H,25,26). The number of amides is 2. The van der Waals surface area contributed by atoms with E-state index in [1.54, 1.807) is 0 Å². The molecule has 0 spiro atoms. The Bertz CT molecular complexity index is 969. The molecular weight excluding hydrogens is 421 g/mol. The molecule has 30 heavy (non-hydrogen) atoms. The second-order valence-electron chi connectivity index (χ2n) is 7.16. The normalized spacial score (nSPS) is 16.0. The number of thiophene rings is 1. The van der Waals surface area contributed by atoms with Crippen molar-refractivity contribution in [2.24, 2.45) is 5.92 Å². The quantitative estimate of drug-likeness (QED) is 0.709. The number of anilines is 1. The molecule has 160 valence electrons. The van der Waals surface area contributed by atoms with Crippen molar-refractivity contribution in [2.45, 2.75) is 32.2 Å². The summed E-state index contributed by atoms with van der Waals surface area (Å²) in [5, 5.41) is 5.80. The number of benzene rings is 1. The minimum atomic E-state index is -4.93. The predicted molar refractivity (Wildman–Crippen MR) is 104 cm³/mol. The van der Waals surface area contributed by atoms with Gasteiger partial charge in [0.25, 0.3) is 11.8 Å². The molecule has 0 bridgehead atoms. The van der Waals surface area contributed by atoms with Crippen LogP contribution in [0.3, 0.4) is 0 Å². The van der Waals surface area contributed by atoms with Crippen LogP contribution in [0, 0.1) is 5.92 Å². The van der Waals surface area contributed by atoms with E-state index in [1.807, 2.05) is 0 Å². The van der Waals surface area contributed by atoms with E-state index in [4.69, 9.17) is 4.74 Å². The van der Waals surface area contributed by atoms with Crippen LogP contribution in [0.15, 0.2) is 24.3 Å². The average Bonchev–Trinajstić information content (AvgIpc) is 3.45. The van der Waals surface area contributed by atoms with Crippen molar-refractivity contribution in [3.63, 3.8) is 0 Å². The SMILES string of the molecule is O=C(Nc1sc2c(c1C(=O)NCC1CC1)CCOC2)c1ccccc1OC(F)(F)F. The first kappa shape index (κ1) is 20.7. The molecule has 6 nitrogen and oxygen atoms in total. The Labute approximate surface area is 174 Å². The molecule has 0 saturated heterocycles. The fourth-order valence-electron chi connectivity index (χ4n) is 3.25. The van der Waals surface area contributed by atoms with E-state index >= 15 is 0 Å². The summed E-state index contributed by atoms with van der Waals surface area (Å²) in [7, 11) is 0. The summed E-state index contributed by atoms with van der Waals surface area (Å²) in [5.41, 5.74) is 0.901. The van der Waals surface area contributed by atoms with Crippen LogP contribution in [0.4, 0.5) is 18.2 Å². The largest absolute Gasteiger partial charge is 0.573 e. The first-order valence-corrected chi connectivity index (χ1v) is 10.3. The van der Waals surface area contributed by atoms with Crippen LogP contribution in [0.2, 0.25) is 0 Å². The molecule has 2 N–H and O–H groups in total. The highest BCUT2D eigenvalue weighted by Crippen LogP contribution is 2.37. The van der Waals surface area contributed by atoms with Crippen LogP contribution in [-0.2, 0) is 17.8 Å². The van der Waals surface area contributed by atoms with E-state index in [-0.39, 0.29) is 11.5 Å². The molecule has 2 heterocycles. The van der Waals surface area contributed by atoms with E-state index < -0.39 is 18.0 Å². The number of fused-ring (bicyclic) bond motifs is 1. The summed E-state index contributed by atoms with van der Waals surface area (Å²) in [6.07, 6.45) is -2.24. The average molecular weight is 440 g/mol. The molecule has 2 amide bonds. The molecule has 0 unspecified atom stereocenters. The van der Waals surface area contributed by atoms with Gasteiger partial charge in [-0.1, -0.05) is 12.1 Å². The number of ether oxygens (including phenoxy) is 2. The number of para-hydroxylation sites is 1. The Kier molecular flexibility index (Phi) is 5.70. The summed E-state index contributed by atoms with van der Waals surface area (Å²) >= 11 is 1.20. The van der Waals surface area contributed by atoms with Gasteiger partial charge >= 0.3 is 6.36 Å². The molecular formula is C20H19F3N2O4S. The molecule has 1 aromatic carbocycles. The second kappa shape index (κ2) is 8.27. The zero-order chi connectivity index (χ0) is 21.3. The van der Waals surface area contributed by atoms with Crippen molar-refractivity contribution >= 4 is 28.2 Å². The third kappa shape index (κ3) is 4.76. The van der Waals surface area contributed by atoms with Crippen molar-refractivity contribution in [1.82, 2.24) is 5.32 Å². The van der Waals surface area contributed by atoms with E-state index in [0.29, 0.717) is 42.7 Å². The number of alkyl halides is 3. The Hall–Kier alpha value is -2.59. The highest BCUT2D eigenvalue weighted by atomic mass is 32.1. The van der Waals surface area contributed by atoms with Gasteiger partial charge in [-0.05, 0) is 42.9 Å². The van der Waals surface area contributed by atoms with E-state index in [2.05, 4.69) is 15.4 Å². The molecule has 1 aliphatic carbocycles. The Morgan fingerprint density at radius 1 is 1.20 bits per heavy atom. The zero-order valence-corrected chi connectivity index (χ0v) is 16.6. The van der Waals surface area contributed by atoms with E-state index in [0.717, 1.165) is 29.3 Å². The third-order valence-corrected chi connectivity index (χ3v) is 6.00. The van der Waals surface area contributed by atoms with Crippen LogP contribution in [-0.4, -0.2) is 31.3 Å². The second-order valence-corrected chi connectivity index (χ2v) is 8.27. The Morgan fingerprint density at radius 3 is 2.70 bits per heavy atom. The minimum absolute atomic E-state index is 0.276. The van der Waals surface area contributed by atoms with Gasteiger partial charge in [-0.3, -0.25) is 9.59 Å². The van der Waals surface area contributed by atoms with Crippen LogP contribution in [0.5, 0.6) is 5.75 Å². The molecule has 0 radical (unpaired) electrons. The van der Waals surface area contributed by atoms with Gasteiger partial charge in [-0.25, -0.2) is 0 Å². The van der Waals surface area contributed by atoms with Crippen LogP contribution in [0.1, 0.15) is 44.0 Å². The van der Waals surface area contributed by atoms with Crippen molar-refractivity contribution in [2.75, 3.05) is 18.5 Å². The molecule has 1 fully saturated rings. The molecule has 2 aromatic rings. The summed E-state index contributed by atoms with van der Waals surface area (Å²) in [6, 6.07) is 5.09. The topological polar surface area (TPSA) is 76.7 Å². The molecule has 2 aliphatic rings. The van der Waals surface area contributed by atoms with Crippen LogP contribution < -0.4 is 15.4 Å². The molecule has 4 rings (SSSR count). The van der Waals surface area contributed by atoms with Crippen molar-refractivity contribution < 1.29 is 32.2 Å². The maximum atomic E-state index is 12.8. The number of halogens is 3. The number of rotatable bonds is 6. The lowest BCUT2D eigenvalue weighted by Crippen LogP contribution is -2.28. The number of carbonyl (C=O) groups excluding carboxylic acids is 2. The molecule has 10 heteroatoms. The maximum Gasteiger partial charge on any atom is 0.573 e. The lowest BCUT2D eigenvalue weighted by molar-refractivity contribution is -0.274. The number of nitrogens with one attached hydrogen (secondary N) is 2. The van der Waals surface area contributed by atoms with Gasteiger partial charge in [0.15, 0.2) is 0 Å². The third-order valence-electron chi connectivity index (χ3n) is 4.88. The Balaban J connectivity index is 1.60. The monoisotopic (exact) mass is 440 g/mol. The van der Waals surface area contributed by atoms with Crippen LogP contribution in [0.25, 0.3) is 0 Å². The highest BCUT2D eigenvalue weighted by Gasteiger charge is 2.33. The molecule has 1 saturated carbocycles. The molecule has 0 atom stereocenters. The van der Waals surface area contributed by atoms with Crippen molar-refractivity contribution in [1.29, 1.82) is 0 Å². The number of hydrogen-bond acceptors (Lipinski definition) is 5. The smallest absolute Gasteiger partial charge is 0.405 e. The van der Waals surface area contributed by atoms with Gasteiger partial charge < -0.3 is 20.1 Å². The summed E-state index contributed by atoms with van der Waals surface area (Å²) < 4.78 is 47.4. The number of hydrogen-bond donors (Lipinski definition) is 2. The molecule has 1 aliphatic heterocycles. The van der Waals surface area contributed by atoms with Crippen molar-refractivity contribution in [3.05, 3.63) is 45.8 Å². The Morgan fingerprint density at radius 2 is 1.97 bits per heavy atom. The van der Waals surface area contributed by atoms with Gasteiger partial charge in [-0.15, -0.1) is 24.5 Å². The zero-order valence-electron chi connectivity index (χ0n) is 15.8. The van der Waals surface area contributed by atoms with Crippen molar-refractivity contribution in [3.8, 4) is 5.75 Å². The van der Waals surface area contributed by atoms with Gasteiger partial charge in [0, 0.05) is 11.4 Å². The van der Waals surface area contributed by atoms with E-state index in [1.165, 1.54) is 29.5 Å². The summed E-state index contributed by atoms with van der Waals surface area (Å²) in [5.74, 6) is -1.20. The van der Waals surface area contributed by atoms with Gasteiger partial charge in [0.05, 0.1) is 24.3 Å². The lowest BCUT2D eigenvalue weighted by atomic mass is 10.0. The molecule has 1 aromatic heterocycles. The van der Waals surface area contributed by atoms with Gasteiger partial charge in [0.2, 0.25) is 0 Å².